The van der Waals surface area contributed by atoms with Crippen LogP contribution in [0.3, 0.4) is 0 Å². The van der Waals surface area contributed by atoms with E-state index in [1.54, 1.807) is 31.4 Å². The first-order valence-electron chi connectivity index (χ1n) is 4.67. The van der Waals surface area contributed by atoms with Crippen LogP contribution in [0.25, 0.3) is 0 Å². The van der Waals surface area contributed by atoms with Crippen molar-refractivity contribution in [1.29, 1.82) is 0 Å². The van der Waals surface area contributed by atoms with Gasteiger partial charge in [0.1, 0.15) is 6.21 Å². The van der Waals surface area contributed by atoms with Crippen LogP contribution >= 0.6 is 11.3 Å². The number of nitrogens with one attached hydrogen (secondary N) is 1. The van der Waals surface area contributed by atoms with Gasteiger partial charge in [0.2, 0.25) is 0 Å². The van der Waals surface area contributed by atoms with Crippen molar-refractivity contribution in [2.45, 2.75) is 20.0 Å². The predicted molar refractivity (Wildman–Crippen MR) is 61.5 cm³/mol. The molecule has 0 radical (unpaired) electrons. The molecule has 1 aromatic rings. The lowest BCUT2D eigenvalue weighted by atomic mass is 10.4. The number of amides is 1. The molecule has 0 unspecified atom stereocenters. The van der Waals surface area contributed by atoms with Gasteiger partial charge in [0.25, 0.3) is 5.91 Å². The van der Waals surface area contributed by atoms with E-state index in [9.17, 15) is 9.59 Å². The molecule has 6 heteroatoms. The summed E-state index contributed by atoms with van der Waals surface area (Å²) in [6, 6.07) is 3.43. The molecule has 0 spiro atoms. The largest absolute Gasteiger partial charge is 0.459 e. The van der Waals surface area contributed by atoms with E-state index in [2.05, 4.69) is 10.5 Å². The van der Waals surface area contributed by atoms with Crippen molar-refractivity contribution in [1.82, 2.24) is 5.43 Å². The molecular formula is C10H12N2O3S. The molecule has 0 atom stereocenters. The van der Waals surface area contributed by atoms with Gasteiger partial charge in [-0.1, -0.05) is 6.07 Å². The van der Waals surface area contributed by atoms with Crippen molar-refractivity contribution in [3.05, 3.63) is 22.4 Å². The standard InChI is InChI=1S/C10H12N2O3S/c1-7(2)15-9(13)6-11-12-10(14)8-4-3-5-16-8/h3-7H,1-2H3,(H,12,14)/b11-6+. The summed E-state index contributed by atoms with van der Waals surface area (Å²) in [7, 11) is 0. The van der Waals surface area contributed by atoms with Gasteiger partial charge in [0.05, 0.1) is 11.0 Å². The van der Waals surface area contributed by atoms with Gasteiger partial charge in [-0.3, -0.25) is 4.79 Å². The average Bonchev–Trinajstić information content (AvgIpc) is 2.68. The van der Waals surface area contributed by atoms with E-state index in [-0.39, 0.29) is 12.0 Å². The number of esters is 1. The number of rotatable bonds is 4. The van der Waals surface area contributed by atoms with Gasteiger partial charge < -0.3 is 4.74 Å². The summed E-state index contributed by atoms with van der Waals surface area (Å²) < 4.78 is 4.79. The summed E-state index contributed by atoms with van der Waals surface area (Å²) >= 11 is 1.30. The van der Waals surface area contributed by atoms with Crippen LogP contribution < -0.4 is 5.43 Å². The Kier molecular flexibility index (Phi) is 4.65. The lowest BCUT2D eigenvalue weighted by Crippen LogP contribution is -2.19. The third-order valence-electron chi connectivity index (χ3n) is 1.43. The van der Waals surface area contributed by atoms with Gasteiger partial charge in [-0.2, -0.15) is 5.10 Å². The van der Waals surface area contributed by atoms with Gasteiger partial charge in [-0.05, 0) is 25.3 Å². The molecule has 1 N–H and O–H groups in total. The maximum Gasteiger partial charge on any atom is 0.351 e. The zero-order valence-electron chi connectivity index (χ0n) is 8.97. The van der Waals surface area contributed by atoms with Gasteiger partial charge >= 0.3 is 5.97 Å². The second-order valence-electron chi connectivity index (χ2n) is 3.16. The number of carbonyl (C=O) groups excluding carboxylic acids is 2. The molecule has 1 rings (SSSR count). The van der Waals surface area contributed by atoms with E-state index in [1.165, 1.54) is 11.3 Å². The SMILES string of the molecule is CC(C)OC(=O)/C=N/NC(=O)c1cccs1. The molecule has 0 saturated carbocycles. The number of thiophene rings is 1. The summed E-state index contributed by atoms with van der Waals surface area (Å²) in [5, 5.41) is 5.27. The molecule has 0 aromatic carbocycles. The first-order valence-corrected chi connectivity index (χ1v) is 5.55. The fourth-order valence-electron chi connectivity index (χ4n) is 0.869. The summed E-state index contributed by atoms with van der Waals surface area (Å²) in [5.41, 5.74) is 2.23. The topological polar surface area (TPSA) is 67.8 Å². The molecule has 0 saturated heterocycles. The molecule has 0 fully saturated rings. The highest BCUT2D eigenvalue weighted by molar-refractivity contribution is 7.12. The van der Waals surface area contributed by atoms with Gasteiger partial charge in [-0.25, -0.2) is 10.2 Å². The number of hydrogen-bond donors (Lipinski definition) is 1. The molecule has 0 aliphatic carbocycles. The molecular weight excluding hydrogens is 228 g/mol. The third kappa shape index (κ3) is 4.22. The molecule has 0 aliphatic rings. The Morgan fingerprint density at radius 3 is 2.88 bits per heavy atom. The molecule has 5 nitrogen and oxygen atoms in total. The highest BCUT2D eigenvalue weighted by atomic mass is 32.1. The second kappa shape index (κ2) is 6.02. The highest BCUT2D eigenvalue weighted by Gasteiger charge is 2.05. The number of hydrogen-bond acceptors (Lipinski definition) is 5. The van der Waals surface area contributed by atoms with Crippen LogP contribution in [-0.4, -0.2) is 24.2 Å². The van der Waals surface area contributed by atoms with Gasteiger partial charge in [-0.15, -0.1) is 11.3 Å². The van der Waals surface area contributed by atoms with E-state index in [0.29, 0.717) is 4.88 Å². The third-order valence-corrected chi connectivity index (χ3v) is 2.30. The first-order chi connectivity index (χ1) is 7.59. The Hall–Kier alpha value is -1.69. The number of hydrazone groups is 1. The number of carbonyl (C=O) groups is 2. The Labute approximate surface area is 97.1 Å². The van der Waals surface area contributed by atoms with Crippen LogP contribution in [-0.2, 0) is 9.53 Å². The van der Waals surface area contributed by atoms with Crippen molar-refractivity contribution in [2.24, 2.45) is 5.10 Å². The number of ether oxygens (including phenoxy) is 1. The average molecular weight is 240 g/mol. The Bertz CT molecular complexity index is 385. The molecule has 0 aliphatic heterocycles. The van der Waals surface area contributed by atoms with Crippen LogP contribution in [0.5, 0.6) is 0 Å². The predicted octanol–water partition coefficient (Wildman–Crippen LogP) is 1.42. The fraction of sp³-hybridized carbons (Fsp3) is 0.300. The van der Waals surface area contributed by atoms with E-state index in [4.69, 9.17) is 4.74 Å². The smallest absolute Gasteiger partial charge is 0.351 e. The molecule has 16 heavy (non-hydrogen) atoms. The van der Waals surface area contributed by atoms with Crippen molar-refractivity contribution in [2.75, 3.05) is 0 Å². The fourth-order valence-corrected chi connectivity index (χ4v) is 1.48. The van der Waals surface area contributed by atoms with Crippen LogP contribution in [0.1, 0.15) is 23.5 Å². The second-order valence-corrected chi connectivity index (χ2v) is 4.11. The normalized spacial score (nSPS) is 10.7. The number of nitrogens with zero attached hydrogens (tertiary/aromatic N) is 1. The van der Waals surface area contributed by atoms with E-state index >= 15 is 0 Å². The Morgan fingerprint density at radius 2 is 2.31 bits per heavy atom. The van der Waals surface area contributed by atoms with Crippen molar-refractivity contribution < 1.29 is 14.3 Å². The molecule has 86 valence electrons. The Balaban J connectivity index is 2.37. The molecule has 1 amide bonds. The summed E-state index contributed by atoms with van der Waals surface area (Å²) in [6.45, 7) is 3.46. The van der Waals surface area contributed by atoms with Crippen LogP contribution in [0.2, 0.25) is 0 Å². The van der Waals surface area contributed by atoms with Crippen LogP contribution in [0.15, 0.2) is 22.6 Å². The van der Waals surface area contributed by atoms with Crippen molar-refractivity contribution in [3.63, 3.8) is 0 Å². The monoisotopic (exact) mass is 240 g/mol. The maximum absolute atomic E-state index is 11.3. The van der Waals surface area contributed by atoms with Crippen LogP contribution in [0.4, 0.5) is 0 Å². The Morgan fingerprint density at radius 1 is 1.56 bits per heavy atom. The van der Waals surface area contributed by atoms with Gasteiger partial charge in [0, 0.05) is 0 Å². The zero-order valence-corrected chi connectivity index (χ0v) is 9.78. The minimum absolute atomic E-state index is 0.202. The van der Waals surface area contributed by atoms with Crippen molar-refractivity contribution in [3.8, 4) is 0 Å². The molecule has 0 bridgehead atoms. The summed E-state index contributed by atoms with van der Waals surface area (Å²) in [4.78, 5) is 22.9. The lowest BCUT2D eigenvalue weighted by molar-refractivity contribution is -0.138. The van der Waals surface area contributed by atoms with Crippen LogP contribution in [0, 0.1) is 0 Å². The summed E-state index contributed by atoms with van der Waals surface area (Å²) in [5.74, 6) is -0.926. The van der Waals surface area contributed by atoms with E-state index in [0.717, 1.165) is 6.21 Å². The summed E-state index contributed by atoms with van der Waals surface area (Å²) in [6.07, 6.45) is 0.734. The molecule has 1 aromatic heterocycles. The highest BCUT2D eigenvalue weighted by Crippen LogP contribution is 2.07. The van der Waals surface area contributed by atoms with Gasteiger partial charge in [0.15, 0.2) is 0 Å². The quantitative estimate of drug-likeness (QED) is 0.491. The van der Waals surface area contributed by atoms with E-state index < -0.39 is 5.97 Å². The van der Waals surface area contributed by atoms with E-state index in [1.807, 2.05) is 0 Å². The first kappa shape index (κ1) is 12.4. The van der Waals surface area contributed by atoms with Crippen molar-refractivity contribution >= 4 is 29.4 Å². The lowest BCUT2D eigenvalue weighted by Gasteiger charge is -2.03. The molecule has 1 heterocycles. The maximum atomic E-state index is 11.3. The minimum Gasteiger partial charge on any atom is -0.459 e. The minimum atomic E-state index is -0.582. The zero-order chi connectivity index (χ0) is 12.0.